The fourth-order valence-corrected chi connectivity index (χ4v) is 3.95. The number of carbonyl (C=O) groups is 1. The molecule has 0 N–H and O–H groups in total. The average molecular weight is 440 g/mol. The number of rotatable bonds is 2. The van der Waals surface area contributed by atoms with Crippen molar-refractivity contribution in [3.05, 3.63) is 112 Å². The van der Waals surface area contributed by atoms with E-state index in [9.17, 15) is 4.79 Å². The number of aromatic nitrogens is 1. The van der Waals surface area contributed by atoms with Crippen LogP contribution >= 0.6 is 0 Å². The van der Waals surface area contributed by atoms with Gasteiger partial charge in [-0.2, -0.15) is 0 Å². The molecule has 33 heavy (non-hydrogen) atoms. The number of hydrogen-bond acceptors (Lipinski definition) is 2. The monoisotopic (exact) mass is 439 g/mol. The zero-order valence-electron chi connectivity index (χ0n) is 21.0. The Kier molecular flexibility index (Phi) is 10.5. The van der Waals surface area contributed by atoms with E-state index in [0.29, 0.717) is 0 Å². The summed E-state index contributed by atoms with van der Waals surface area (Å²) in [4.78, 5) is 17.9. The minimum atomic E-state index is 0.145. The topological polar surface area (TPSA) is 30.0 Å². The van der Waals surface area contributed by atoms with Crippen LogP contribution in [0.5, 0.6) is 0 Å². The van der Waals surface area contributed by atoms with Crippen molar-refractivity contribution in [2.75, 3.05) is 0 Å². The second kappa shape index (κ2) is 13.3. The maximum absolute atomic E-state index is 13.1. The standard InChI is InChI=1S/C25H19NO.3C2H6/c27-25-22-7-3-1-5-18(22)11-12-19-10-9-17(16-23(19)25)15-21-14-13-20-6-2-4-8-24(20)26-21;3*1-2/h1-10,13-14,16H,11-12,15H2;3*1-2H3. The number of pyridine rings is 1. The number of fused-ring (bicyclic) bond motifs is 3. The quantitative estimate of drug-likeness (QED) is 0.315. The summed E-state index contributed by atoms with van der Waals surface area (Å²) in [6.07, 6.45) is 2.56. The molecule has 0 fully saturated rings. The predicted octanol–water partition coefficient (Wildman–Crippen LogP) is 8.23. The maximum atomic E-state index is 13.1. The van der Waals surface area contributed by atoms with Crippen LogP contribution in [0.2, 0.25) is 0 Å². The molecule has 2 heteroatoms. The molecular formula is C31H37NO. The van der Waals surface area contributed by atoms with Gasteiger partial charge in [0.1, 0.15) is 0 Å². The fourth-order valence-electron chi connectivity index (χ4n) is 3.95. The van der Waals surface area contributed by atoms with Gasteiger partial charge in [-0.15, -0.1) is 0 Å². The summed E-state index contributed by atoms with van der Waals surface area (Å²) in [5.41, 5.74) is 7.15. The fraction of sp³-hybridized carbons (Fsp3) is 0.290. The first-order chi connectivity index (χ1) is 16.3. The number of para-hydroxylation sites is 1. The molecule has 1 aliphatic carbocycles. The Morgan fingerprint density at radius 2 is 1.30 bits per heavy atom. The Hall–Kier alpha value is -3.26. The van der Waals surface area contributed by atoms with E-state index in [1.165, 1.54) is 0 Å². The highest BCUT2D eigenvalue weighted by Gasteiger charge is 2.21. The van der Waals surface area contributed by atoms with Gasteiger partial charge < -0.3 is 0 Å². The van der Waals surface area contributed by atoms with Crippen molar-refractivity contribution in [3.8, 4) is 0 Å². The lowest BCUT2D eigenvalue weighted by atomic mass is 9.95. The minimum Gasteiger partial charge on any atom is -0.289 e. The molecule has 0 saturated heterocycles. The van der Waals surface area contributed by atoms with E-state index >= 15 is 0 Å². The van der Waals surface area contributed by atoms with Crippen LogP contribution in [0.1, 0.15) is 79.8 Å². The number of aryl methyl sites for hydroxylation is 2. The normalized spacial score (nSPS) is 11.3. The predicted molar refractivity (Wildman–Crippen MR) is 142 cm³/mol. The SMILES string of the molecule is CC.CC.CC.O=C1c2ccccc2CCc2ccc(Cc3ccc4ccccc4n3)cc21. The van der Waals surface area contributed by atoms with E-state index in [-0.39, 0.29) is 5.78 Å². The summed E-state index contributed by atoms with van der Waals surface area (Å²) < 4.78 is 0. The number of hydrogen-bond donors (Lipinski definition) is 0. The molecule has 1 aliphatic rings. The highest BCUT2D eigenvalue weighted by molar-refractivity contribution is 6.11. The third-order valence-corrected chi connectivity index (χ3v) is 5.39. The molecule has 0 spiro atoms. The first-order valence-corrected chi connectivity index (χ1v) is 12.4. The summed E-state index contributed by atoms with van der Waals surface area (Å²) >= 11 is 0. The molecule has 5 rings (SSSR count). The van der Waals surface area contributed by atoms with Gasteiger partial charge in [-0.1, -0.05) is 102 Å². The molecule has 1 heterocycles. The molecule has 0 atom stereocenters. The van der Waals surface area contributed by atoms with Crippen molar-refractivity contribution in [1.82, 2.24) is 4.98 Å². The van der Waals surface area contributed by atoms with Crippen LogP contribution < -0.4 is 0 Å². The van der Waals surface area contributed by atoms with Gasteiger partial charge in [-0.05, 0) is 47.7 Å². The van der Waals surface area contributed by atoms with Crippen LogP contribution in [0.15, 0.2) is 78.9 Å². The van der Waals surface area contributed by atoms with Gasteiger partial charge in [-0.25, -0.2) is 0 Å². The van der Waals surface area contributed by atoms with Crippen LogP contribution in [0, 0.1) is 0 Å². The molecule has 0 bridgehead atoms. The summed E-state index contributed by atoms with van der Waals surface area (Å²) in [7, 11) is 0. The Labute approximate surface area is 199 Å². The molecule has 1 aromatic heterocycles. The largest absolute Gasteiger partial charge is 0.289 e. The summed E-state index contributed by atoms with van der Waals surface area (Å²) in [6.45, 7) is 12.0. The van der Waals surface area contributed by atoms with Gasteiger partial charge in [0.15, 0.2) is 5.78 Å². The third kappa shape index (κ3) is 6.16. The van der Waals surface area contributed by atoms with Crippen molar-refractivity contribution >= 4 is 16.7 Å². The summed E-state index contributed by atoms with van der Waals surface area (Å²) in [5.74, 6) is 0.145. The molecule has 0 unspecified atom stereocenters. The van der Waals surface area contributed by atoms with Gasteiger partial charge in [0.2, 0.25) is 0 Å². The van der Waals surface area contributed by atoms with Gasteiger partial charge in [0, 0.05) is 28.6 Å². The van der Waals surface area contributed by atoms with Crippen LogP contribution in [-0.4, -0.2) is 10.8 Å². The highest BCUT2D eigenvalue weighted by Crippen LogP contribution is 2.26. The first kappa shape index (κ1) is 26.0. The van der Waals surface area contributed by atoms with Gasteiger partial charge in [-0.3, -0.25) is 9.78 Å². The molecule has 0 amide bonds. The van der Waals surface area contributed by atoms with Crippen LogP contribution in [-0.2, 0) is 19.3 Å². The van der Waals surface area contributed by atoms with Gasteiger partial charge in [0.05, 0.1) is 5.52 Å². The van der Waals surface area contributed by atoms with Crippen LogP contribution in [0.25, 0.3) is 10.9 Å². The van der Waals surface area contributed by atoms with Crippen LogP contribution in [0.3, 0.4) is 0 Å². The summed E-state index contributed by atoms with van der Waals surface area (Å²) in [5, 5.41) is 1.15. The number of benzene rings is 3. The van der Waals surface area contributed by atoms with E-state index in [4.69, 9.17) is 4.98 Å². The minimum absolute atomic E-state index is 0.145. The van der Waals surface area contributed by atoms with E-state index in [1.54, 1.807) is 0 Å². The zero-order valence-corrected chi connectivity index (χ0v) is 21.0. The Morgan fingerprint density at radius 1 is 0.667 bits per heavy atom. The van der Waals surface area contributed by atoms with Crippen molar-refractivity contribution in [3.63, 3.8) is 0 Å². The van der Waals surface area contributed by atoms with Crippen molar-refractivity contribution in [1.29, 1.82) is 0 Å². The third-order valence-electron chi connectivity index (χ3n) is 5.39. The highest BCUT2D eigenvalue weighted by atomic mass is 16.1. The van der Waals surface area contributed by atoms with Gasteiger partial charge in [0.25, 0.3) is 0 Å². The van der Waals surface area contributed by atoms with E-state index in [2.05, 4.69) is 42.5 Å². The van der Waals surface area contributed by atoms with E-state index < -0.39 is 0 Å². The lowest BCUT2D eigenvalue weighted by Gasteiger charge is -2.09. The van der Waals surface area contributed by atoms with Crippen molar-refractivity contribution < 1.29 is 4.79 Å². The Bertz CT molecular complexity index is 1180. The van der Waals surface area contributed by atoms with Crippen molar-refractivity contribution in [2.24, 2.45) is 0 Å². The molecule has 2 nitrogen and oxygen atoms in total. The smallest absolute Gasteiger partial charge is 0.193 e. The second-order valence-electron chi connectivity index (χ2n) is 7.15. The maximum Gasteiger partial charge on any atom is 0.193 e. The first-order valence-electron chi connectivity index (χ1n) is 12.4. The molecule has 0 saturated carbocycles. The van der Waals surface area contributed by atoms with E-state index in [1.807, 2.05) is 77.9 Å². The lowest BCUT2D eigenvalue weighted by Crippen LogP contribution is -2.05. The molecule has 0 radical (unpaired) electrons. The number of ketones is 1. The Morgan fingerprint density at radius 3 is 2.06 bits per heavy atom. The number of nitrogens with zero attached hydrogens (tertiary/aromatic N) is 1. The molecule has 172 valence electrons. The van der Waals surface area contributed by atoms with E-state index in [0.717, 1.165) is 63.7 Å². The summed E-state index contributed by atoms with van der Waals surface area (Å²) in [6, 6.07) is 26.6. The molecular weight excluding hydrogens is 402 g/mol. The lowest BCUT2D eigenvalue weighted by molar-refractivity contribution is 0.103. The zero-order chi connectivity index (χ0) is 24.2. The molecule has 3 aromatic carbocycles. The molecule has 0 aliphatic heterocycles. The average Bonchev–Trinajstić information content (AvgIpc) is 3.04. The second-order valence-corrected chi connectivity index (χ2v) is 7.15. The Balaban J connectivity index is 0.000000597. The van der Waals surface area contributed by atoms with Crippen molar-refractivity contribution in [2.45, 2.75) is 60.8 Å². The number of carbonyl (C=O) groups excluding carboxylic acids is 1. The van der Waals surface area contributed by atoms with Gasteiger partial charge >= 0.3 is 0 Å². The van der Waals surface area contributed by atoms with Crippen LogP contribution in [0.4, 0.5) is 0 Å². The molecule has 4 aromatic rings.